The predicted molar refractivity (Wildman–Crippen MR) is 91.8 cm³/mol. The van der Waals surface area contributed by atoms with E-state index in [2.05, 4.69) is 20.6 Å². The molecule has 0 atom stereocenters. The number of carbonyl (C=O) groups is 1. The quantitative estimate of drug-likeness (QED) is 0.683. The summed E-state index contributed by atoms with van der Waals surface area (Å²) >= 11 is 0. The van der Waals surface area contributed by atoms with Crippen LogP contribution in [-0.2, 0) is 17.7 Å². The molecule has 1 aliphatic rings. The molecule has 0 saturated heterocycles. The van der Waals surface area contributed by atoms with Crippen molar-refractivity contribution in [3.8, 4) is 11.4 Å². The van der Waals surface area contributed by atoms with Crippen LogP contribution in [-0.4, -0.2) is 42.7 Å². The van der Waals surface area contributed by atoms with Crippen LogP contribution in [0, 0.1) is 0 Å². The van der Waals surface area contributed by atoms with Gasteiger partial charge in [-0.15, -0.1) is 0 Å². The lowest BCUT2D eigenvalue weighted by Crippen LogP contribution is -2.27. The number of benzene rings is 1. The van der Waals surface area contributed by atoms with Crippen LogP contribution in [0.3, 0.4) is 0 Å². The van der Waals surface area contributed by atoms with E-state index in [1.165, 1.54) is 0 Å². The molecule has 1 amide bonds. The molecule has 24 heavy (non-hydrogen) atoms. The van der Waals surface area contributed by atoms with Crippen LogP contribution in [0.15, 0.2) is 24.3 Å². The molecule has 0 fully saturated rings. The Balaban J connectivity index is 1.95. The van der Waals surface area contributed by atoms with Crippen molar-refractivity contribution in [2.45, 2.75) is 13.0 Å². The third-order valence-corrected chi connectivity index (χ3v) is 3.96. The summed E-state index contributed by atoms with van der Waals surface area (Å²) in [6, 6.07) is 7.02. The molecule has 7 nitrogen and oxygen atoms in total. The summed E-state index contributed by atoms with van der Waals surface area (Å²) in [5.41, 5.74) is 8.76. The number of hydrogen-bond acceptors (Lipinski definition) is 6. The Kier molecular flexibility index (Phi) is 5.02. The van der Waals surface area contributed by atoms with Crippen LogP contribution in [0.25, 0.3) is 11.4 Å². The van der Waals surface area contributed by atoms with Gasteiger partial charge in [0.1, 0.15) is 5.82 Å². The second-order valence-corrected chi connectivity index (χ2v) is 5.61. The number of carbonyl (C=O) groups excluding carboxylic acids is 1. The zero-order chi connectivity index (χ0) is 16.9. The number of methoxy groups -OCH3 is 1. The molecule has 0 unspecified atom stereocenters. The molecule has 126 valence electrons. The molecule has 2 heterocycles. The highest BCUT2D eigenvalue weighted by Gasteiger charge is 2.18. The molecule has 0 saturated carbocycles. The van der Waals surface area contributed by atoms with Crippen molar-refractivity contribution in [3.05, 3.63) is 41.1 Å². The molecule has 0 aliphatic carbocycles. The van der Waals surface area contributed by atoms with E-state index in [9.17, 15) is 4.79 Å². The monoisotopic (exact) mass is 327 g/mol. The number of nitrogens with zero attached hydrogens (tertiary/aromatic N) is 2. The van der Waals surface area contributed by atoms with Gasteiger partial charge < -0.3 is 21.1 Å². The number of nitrogens with one attached hydrogen (secondary N) is 2. The van der Waals surface area contributed by atoms with E-state index in [0.29, 0.717) is 24.5 Å². The van der Waals surface area contributed by atoms with Crippen molar-refractivity contribution in [2.75, 3.05) is 32.1 Å². The molecule has 7 heteroatoms. The third-order valence-electron chi connectivity index (χ3n) is 3.96. The standard InChI is InChI=1S/C17H21N5O2/c1-24-9-8-20-17-13-6-7-19-10-14(13)21-16(22-17)12-4-2-11(3-5-12)15(18)23/h2-5,19H,6-10H2,1H3,(H2,18,23)(H,20,21,22). The smallest absolute Gasteiger partial charge is 0.248 e. The number of primary amides is 1. The van der Waals surface area contributed by atoms with E-state index in [1.807, 2.05) is 12.1 Å². The molecule has 3 rings (SSSR count). The number of nitrogens with two attached hydrogens (primary N) is 1. The average molecular weight is 327 g/mol. The first-order chi connectivity index (χ1) is 11.7. The van der Waals surface area contributed by atoms with Gasteiger partial charge in [0.25, 0.3) is 0 Å². The van der Waals surface area contributed by atoms with Crippen molar-refractivity contribution in [1.29, 1.82) is 0 Å². The molecule has 2 aromatic rings. The molecule has 1 aliphatic heterocycles. The second-order valence-electron chi connectivity index (χ2n) is 5.61. The van der Waals surface area contributed by atoms with Gasteiger partial charge in [0, 0.05) is 36.9 Å². The minimum atomic E-state index is -0.445. The van der Waals surface area contributed by atoms with Gasteiger partial charge in [-0.2, -0.15) is 0 Å². The van der Waals surface area contributed by atoms with E-state index >= 15 is 0 Å². The van der Waals surface area contributed by atoms with Crippen LogP contribution >= 0.6 is 0 Å². The first-order valence-corrected chi connectivity index (χ1v) is 7.92. The topological polar surface area (TPSA) is 102 Å². The predicted octanol–water partition coefficient (Wildman–Crippen LogP) is 0.946. The lowest BCUT2D eigenvalue weighted by atomic mass is 10.1. The molecular weight excluding hydrogens is 306 g/mol. The number of hydrogen-bond donors (Lipinski definition) is 3. The summed E-state index contributed by atoms with van der Waals surface area (Å²) in [6.07, 6.45) is 0.894. The highest BCUT2D eigenvalue weighted by molar-refractivity contribution is 5.93. The lowest BCUT2D eigenvalue weighted by Gasteiger charge is -2.20. The zero-order valence-corrected chi connectivity index (χ0v) is 13.6. The van der Waals surface area contributed by atoms with E-state index in [1.54, 1.807) is 19.2 Å². The number of rotatable bonds is 6. The molecular formula is C17H21N5O2. The van der Waals surface area contributed by atoms with Crippen molar-refractivity contribution in [3.63, 3.8) is 0 Å². The van der Waals surface area contributed by atoms with Crippen LogP contribution in [0.4, 0.5) is 5.82 Å². The van der Waals surface area contributed by atoms with Gasteiger partial charge >= 0.3 is 0 Å². The van der Waals surface area contributed by atoms with Gasteiger partial charge in [-0.25, -0.2) is 9.97 Å². The van der Waals surface area contributed by atoms with Gasteiger partial charge in [-0.3, -0.25) is 4.79 Å². The van der Waals surface area contributed by atoms with Crippen molar-refractivity contribution >= 4 is 11.7 Å². The van der Waals surface area contributed by atoms with Gasteiger partial charge in [0.2, 0.25) is 5.91 Å². The first kappa shape index (κ1) is 16.4. The van der Waals surface area contributed by atoms with E-state index in [-0.39, 0.29) is 0 Å². The van der Waals surface area contributed by atoms with Crippen molar-refractivity contribution in [2.24, 2.45) is 5.73 Å². The Morgan fingerprint density at radius 2 is 2.12 bits per heavy atom. The fourth-order valence-electron chi connectivity index (χ4n) is 2.69. The number of aromatic nitrogens is 2. The van der Waals surface area contributed by atoms with Crippen LogP contribution in [0.5, 0.6) is 0 Å². The SMILES string of the molecule is COCCNc1nc(-c2ccc(C(N)=O)cc2)nc2c1CCNC2. The fourth-order valence-corrected chi connectivity index (χ4v) is 2.69. The van der Waals surface area contributed by atoms with Crippen LogP contribution < -0.4 is 16.4 Å². The van der Waals surface area contributed by atoms with Gasteiger partial charge in [-0.1, -0.05) is 12.1 Å². The Labute approximate surface area is 140 Å². The van der Waals surface area contributed by atoms with E-state index < -0.39 is 5.91 Å². The molecule has 1 aromatic heterocycles. The molecule has 0 radical (unpaired) electrons. The molecule has 4 N–H and O–H groups in total. The van der Waals surface area contributed by atoms with E-state index in [0.717, 1.165) is 42.1 Å². The number of amides is 1. The zero-order valence-electron chi connectivity index (χ0n) is 13.6. The summed E-state index contributed by atoms with van der Waals surface area (Å²) in [7, 11) is 1.67. The lowest BCUT2D eigenvalue weighted by molar-refractivity contribution is 0.100. The third kappa shape index (κ3) is 3.52. The molecule has 0 bridgehead atoms. The largest absolute Gasteiger partial charge is 0.383 e. The maximum absolute atomic E-state index is 11.2. The summed E-state index contributed by atoms with van der Waals surface area (Å²) < 4.78 is 5.10. The minimum Gasteiger partial charge on any atom is -0.383 e. The van der Waals surface area contributed by atoms with Gasteiger partial charge in [0.15, 0.2) is 5.82 Å². The Morgan fingerprint density at radius 3 is 2.83 bits per heavy atom. The summed E-state index contributed by atoms with van der Waals surface area (Å²) in [5, 5.41) is 6.67. The highest BCUT2D eigenvalue weighted by atomic mass is 16.5. The highest BCUT2D eigenvalue weighted by Crippen LogP contribution is 2.25. The number of anilines is 1. The first-order valence-electron chi connectivity index (χ1n) is 7.92. The average Bonchev–Trinajstić information content (AvgIpc) is 2.62. The molecule has 0 spiro atoms. The second kappa shape index (κ2) is 7.37. The maximum Gasteiger partial charge on any atom is 0.248 e. The Hall–Kier alpha value is -2.51. The normalized spacial score (nSPS) is 13.4. The Morgan fingerprint density at radius 1 is 1.33 bits per heavy atom. The van der Waals surface area contributed by atoms with Crippen molar-refractivity contribution < 1.29 is 9.53 Å². The van der Waals surface area contributed by atoms with Crippen LogP contribution in [0.2, 0.25) is 0 Å². The Bertz CT molecular complexity index is 731. The van der Waals surface area contributed by atoms with Crippen molar-refractivity contribution in [1.82, 2.24) is 15.3 Å². The van der Waals surface area contributed by atoms with Gasteiger partial charge in [-0.05, 0) is 25.1 Å². The summed E-state index contributed by atoms with van der Waals surface area (Å²) in [6.45, 7) is 2.94. The maximum atomic E-state index is 11.2. The number of fused-ring (bicyclic) bond motifs is 1. The summed E-state index contributed by atoms with van der Waals surface area (Å²) in [5.74, 6) is 1.04. The fraction of sp³-hybridized carbons (Fsp3) is 0.353. The minimum absolute atomic E-state index is 0.445. The van der Waals surface area contributed by atoms with E-state index in [4.69, 9.17) is 10.5 Å². The van der Waals surface area contributed by atoms with Gasteiger partial charge in [0.05, 0.1) is 12.3 Å². The summed E-state index contributed by atoms with van der Waals surface area (Å²) in [4.78, 5) is 20.6. The van der Waals surface area contributed by atoms with Crippen LogP contribution in [0.1, 0.15) is 21.6 Å². The number of ether oxygens (including phenoxy) is 1. The molecule has 1 aromatic carbocycles.